The first-order valence-electron chi connectivity index (χ1n) is 13.0. The van der Waals surface area contributed by atoms with E-state index >= 15 is 0 Å². The Labute approximate surface area is 239 Å². The van der Waals surface area contributed by atoms with Gasteiger partial charge in [0.25, 0.3) is 0 Å². The first-order valence-corrected chi connectivity index (χ1v) is 13.0. The predicted molar refractivity (Wildman–Crippen MR) is 162 cm³/mol. The second-order valence-electron chi connectivity index (χ2n) is 9.20. The van der Waals surface area contributed by atoms with E-state index in [-0.39, 0.29) is 0 Å². The highest BCUT2D eigenvalue weighted by atomic mass is 15.0. The predicted octanol–water partition coefficient (Wildman–Crippen LogP) is 6.68. The van der Waals surface area contributed by atoms with Gasteiger partial charge in [-0.15, -0.1) is 0 Å². The summed E-state index contributed by atoms with van der Waals surface area (Å²) >= 11 is 0. The minimum Gasteiger partial charge on any atom is -0.258 e. The number of aryl methyl sites for hydroxylation is 10. The van der Waals surface area contributed by atoms with Crippen LogP contribution in [0.1, 0.15) is 57.1 Å². The molecule has 4 heterocycles. The van der Waals surface area contributed by atoms with Gasteiger partial charge in [0.2, 0.25) is 0 Å². The molecule has 5 rings (SSSR count). The second kappa shape index (κ2) is 18.7. The van der Waals surface area contributed by atoms with Gasteiger partial charge in [0.05, 0.1) is 0 Å². The van der Waals surface area contributed by atoms with Gasteiger partial charge < -0.3 is 0 Å². The van der Waals surface area contributed by atoms with Gasteiger partial charge in [-0.25, -0.2) is 34.9 Å². The van der Waals surface area contributed by atoms with Gasteiger partial charge in [0.15, 0.2) is 0 Å². The molecule has 0 aliphatic carbocycles. The third-order valence-corrected chi connectivity index (χ3v) is 4.87. The van der Waals surface area contributed by atoms with E-state index in [0.29, 0.717) is 0 Å². The van der Waals surface area contributed by atoms with Crippen LogP contribution in [-0.4, -0.2) is 39.9 Å². The number of benzene rings is 1. The summed E-state index contributed by atoms with van der Waals surface area (Å²) in [6.45, 7) is 19.6. The van der Waals surface area contributed by atoms with Crippen LogP contribution in [0.15, 0.2) is 73.4 Å². The van der Waals surface area contributed by atoms with Crippen molar-refractivity contribution < 1.29 is 0 Å². The second-order valence-corrected chi connectivity index (χ2v) is 9.20. The maximum absolute atomic E-state index is 4.17. The summed E-state index contributed by atoms with van der Waals surface area (Å²) in [7, 11) is 0. The molecule has 0 fully saturated rings. The van der Waals surface area contributed by atoms with Gasteiger partial charge in [-0.3, -0.25) is 4.98 Å². The largest absolute Gasteiger partial charge is 0.258 e. The van der Waals surface area contributed by atoms with Crippen molar-refractivity contribution >= 4 is 0 Å². The molecule has 210 valence electrons. The third kappa shape index (κ3) is 17.1. The highest BCUT2D eigenvalue weighted by Gasteiger charge is 1.86. The molecule has 8 nitrogen and oxygen atoms in total. The van der Waals surface area contributed by atoms with Gasteiger partial charge in [0, 0.05) is 34.7 Å². The van der Waals surface area contributed by atoms with Crippen LogP contribution in [0.4, 0.5) is 0 Å². The molecule has 0 saturated heterocycles. The fourth-order valence-electron chi connectivity index (χ4n) is 3.14. The molecule has 0 spiro atoms. The first kappa shape index (κ1) is 33.6. The van der Waals surface area contributed by atoms with Crippen LogP contribution in [0.25, 0.3) is 0 Å². The van der Waals surface area contributed by atoms with Crippen molar-refractivity contribution in [3.8, 4) is 0 Å². The average Bonchev–Trinajstić information content (AvgIpc) is 2.85. The van der Waals surface area contributed by atoms with Gasteiger partial charge in [0.1, 0.15) is 30.1 Å². The zero-order valence-electron chi connectivity index (χ0n) is 25.5. The van der Waals surface area contributed by atoms with E-state index in [9.17, 15) is 0 Å². The molecule has 0 unspecified atom stereocenters. The number of nitrogens with zero attached hydrogens (tertiary/aromatic N) is 8. The van der Waals surface area contributed by atoms with Crippen molar-refractivity contribution in [3.63, 3.8) is 0 Å². The molecule has 0 radical (unpaired) electrons. The van der Waals surface area contributed by atoms with Crippen molar-refractivity contribution in [1.29, 1.82) is 0 Å². The fourth-order valence-corrected chi connectivity index (χ4v) is 3.14. The Bertz CT molecular complexity index is 1080. The van der Waals surface area contributed by atoms with Gasteiger partial charge >= 0.3 is 0 Å². The molecule has 1 aromatic carbocycles. The van der Waals surface area contributed by atoms with Crippen LogP contribution < -0.4 is 0 Å². The number of aromatic nitrogens is 8. The fraction of sp³-hybridized carbons (Fsp3) is 0.312. The van der Waals surface area contributed by atoms with E-state index in [1.54, 1.807) is 12.5 Å². The Morgan fingerprint density at radius 1 is 0.375 bits per heavy atom. The average molecular weight is 539 g/mol. The summed E-state index contributed by atoms with van der Waals surface area (Å²) in [6.07, 6.45) is 4.85. The maximum Gasteiger partial charge on any atom is 0.129 e. The Balaban J connectivity index is 0.000000250. The zero-order chi connectivity index (χ0) is 29.9. The molecule has 0 aliphatic heterocycles. The van der Waals surface area contributed by atoms with Crippen LogP contribution in [0.2, 0.25) is 0 Å². The van der Waals surface area contributed by atoms with Crippen LogP contribution in [0.3, 0.4) is 0 Å². The molecule has 5 aromatic rings. The van der Waals surface area contributed by atoms with E-state index in [1.807, 2.05) is 85.7 Å². The van der Waals surface area contributed by atoms with Gasteiger partial charge in [-0.2, -0.15) is 0 Å². The molecular weight excluding hydrogens is 496 g/mol. The van der Waals surface area contributed by atoms with Gasteiger partial charge in [-0.05, 0) is 93.5 Å². The summed E-state index contributed by atoms with van der Waals surface area (Å²) in [5.74, 6) is 2.39. The molecule has 4 aromatic heterocycles. The SMILES string of the molecule is Cc1cc(C)ncn1.Cc1cccc(C)c1.Cc1cccc(C)n1.Cc1ccnc(C)n1.Cc1ncnc(C)n1. The highest BCUT2D eigenvalue weighted by molar-refractivity contribution is 5.20. The van der Waals surface area contributed by atoms with E-state index in [0.717, 1.165) is 45.9 Å². The first-order chi connectivity index (χ1) is 18.9. The molecule has 0 N–H and O–H groups in total. The highest BCUT2D eigenvalue weighted by Crippen LogP contribution is 2.00. The number of rotatable bonds is 0. The van der Waals surface area contributed by atoms with Crippen LogP contribution in [-0.2, 0) is 0 Å². The molecule has 0 saturated carbocycles. The molecular formula is C32H42N8. The summed E-state index contributed by atoms with van der Waals surface area (Å²) in [6, 6.07) is 18.3. The smallest absolute Gasteiger partial charge is 0.129 e. The lowest BCUT2D eigenvalue weighted by molar-refractivity contribution is 0.920. The summed E-state index contributed by atoms with van der Waals surface area (Å²) in [4.78, 5) is 31.6. The van der Waals surface area contributed by atoms with Crippen LogP contribution in [0.5, 0.6) is 0 Å². The number of hydrogen-bond donors (Lipinski definition) is 0. The van der Waals surface area contributed by atoms with E-state index in [2.05, 4.69) is 78.0 Å². The zero-order valence-corrected chi connectivity index (χ0v) is 25.5. The summed E-state index contributed by atoms with van der Waals surface area (Å²) in [5, 5.41) is 0. The van der Waals surface area contributed by atoms with Crippen LogP contribution in [0, 0.1) is 69.2 Å². The van der Waals surface area contributed by atoms with E-state index < -0.39 is 0 Å². The molecule has 0 atom stereocenters. The third-order valence-electron chi connectivity index (χ3n) is 4.87. The molecule has 0 aliphatic rings. The molecule has 0 bridgehead atoms. The topological polar surface area (TPSA) is 103 Å². The number of pyridine rings is 1. The lowest BCUT2D eigenvalue weighted by Gasteiger charge is -1.90. The van der Waals surface area contributed by atoms with Gasteiger partial charge in [-0.1, -0.05) is 41.5 Å². The van der Waals surface area contributed by atoms with Crippen molar-refractivity contribution in [2.75, 3.05) is 0 Å². The normalized spacial score (nSPS) is 9.25. The lowest BCUT2D eigenvalue weighted by atomic mass is 10.2. The van der Waals surface area contributed by atoms with Crippen molar-refractivity contribution in [2.24, 2.45) is 0 Å². The summed E-state index contributed by atoms with van der Waals surface area (Å²) in [5.41, 5.74) is 7.93. The summed E-state index contributed by atoms with van der Waals surface area (Å²) < 4.78 is 0. The Hall–Kier alpha value is -4.46. The number of hydrogen-bond acceptors (Lipinski definition) is 8. The Morgan fingerprint density at radius 2 is 0.825 bits per heavy atom. The Kier molecular flexibility index (Phi) is 15.7. The van der Waals surface area contributed by atoms with Crippen molar-refractivity contribution in [2.45, 2.75) is 69.2 Å². The monoisotopic (exact) mass is 538 g/mol. The Morgan fingerprint density at radius 3 is 1.10 bits per heavy atom. The lowest BCUT2D eigenvalue weighted by Crippen LogP contribution is -1.91. The molecule has 0 amide bonds. The standard InChI is InChI=1S/C8H10.C7H9N.2C6H8N2.C5H7N3/c1-7-4-3-5-8(2)6-7;1-6-4-3-5-7(2)8-6;1-5-3-6(2)8-4-7-5;1-5-3-4-7-6(2)8-5;1-4-6-3-7-5(2)8-4/h3-6H,1-2H3;3-5H,1-2H3;2*3-4H,1-2H3;3H,1-2H3. The van der Waals surface area contributed by atoms with Crippen LogP contribution >= 0.6 is 0 Å². The van der Waals surface area contributed by atoms with Crippen molar-refractivity contribution in [3.05, 3.63) is 131 Å². The van der Waals surface area contributed by atoms with E-state index in [4.69, 9.17) is 0 Å². The maximum atomic E-state index is 4.17. The minimum atomic E-state index is 0.775. The van der Waals surface area contributed by atoms with E-state index in [1.165, 1.54) is 17.5 Å². The minimum absolute atomic E-state index is 0.775. The quantitative estimate of drug-likeness (QED) is 0.215. The molecule has 8 heteroatoms. The van der Waals surface area contributed by atoms with Crippen molar-refractivity contribution in [1.82, 2.24) is 39.9 Å². The molecule has 40 heavy (non-hydrogen) atoms.